The molecule has 1 heterocycles. The number of hydrogen-bond acceptors (Lipinski definition) is 6. The predicted molar refractivity (Wildman–Crippen MR) is 99.0 cm³/mol. The standard InChI is InChI=1S/C18H21N3O7/c1-9-11-5-4-10(22)7-14(11)28-17(26)12(9)8-15(23)21-13(16(24)25)3-2-6-20-18(19)27/h4-5,7,13,22H,2-3,6,8H2,1H3,(H,21,23)(H,24,25)(H3,19,20,27)/t13-/m0/s1. The summed E-state index contributed by atoms with van der Waals surface area (Å²) in [5.41, 5.74) is 5.00. The Morgan fingerprint density at radius 2 is 2.00 bits per heavy atom. The topological polar surface area (TPSA) is 172 Å². The molecule has 0 aliphatic heterocycles. The van der Waals surface area contributed by atoms with Crippen molar-refractivity contribution < 1.29 is 29.0 Å². The number of carboxylic acid groups (broad SMARTS) is 1. The van der Waals surface area contributed by atoms with E-state index in [4.69, 9.17) is 10.2 Å². The Labute approximate surface area is 159 Å². The number of aliphatic carboxylic acids is 1. The van der Waals surface area contributed by atoms with Crippen molar-refractivity contribution in [2.45, 2.75) is 32.2 Å². The summed E-state index contributed by atoms with van der Waals surface area (Å²) in [7, 11) is 0. The summed E-state index contributed by atoms with van der Waals surface area (Å²) in [6.07, 6.45) is 0.0149. The molecule has 0 spiro atoms. The van der Waals surface area contributed by atoms with Crippen molar-refractivity contribution in [2.24, 2.45) is 5.73 Å². The van der Waals surface area contributed by atoms with Crippen molar-refractivity contribution in [1.29, 1.82) is 0 Å². The van der Waals surface area contributed by atoms with Gasteiger partial charge in [0.05, 0.1) is 12.0 Å². The van der Waals surface area contributed by atoms with Crippen LogP contribution in [-0.2, 0) is 16.0 Å². The molecule has 10 nitrogen and oxygen atoms in total. The molecule has 6 N–H and O–H groups in total. The molecule has 0 bridgehead atoms. The summed E-state index contributed by atoms with van der Waals surface area (Å²) in [6, 6.07) is 2.40. The molecule has 1 aromatic carbocycles. The smallest absolute Gasteiger partial charge is 0.340 e. The van der Waals surface area contributed by atoms with Crippen LogP contribution in [0.4, 0.5) is 4.79 Å². The monoisotopic (exact) mass is 391 g/mol. The van der Waals surface area contributed by atoms with Crippen LogP contribution in [0.3, 0.4) is 0 Å². The lowest BCUT2D eigenvalue weighted by Crippen LogP contribution is -2.42. The number of phenolic OH excluding ortho intramolecular Hbond substituents is 1. The average molecular weight is 391 g/mol. The highest BCUT2D eigenvalue weighted by Crippen LogP contribution is 2.23. The van der Waals surface area contributed by atoms with Gasteiger partial charge >= 0.3 is 17.6 Å². The van der Waals surface area contributed by atoms with Crippen LogP contribution in [0.25, 0.3) is 11.0 Å². The zero-order valence-corrected chi connectivity index (χ0v) is 15.2. The number of fused-ring (bicyclic) bond motifs is 1. The molecule has 2 aromatic rings. The molecule has 0 aliphatic carbocycles. The van der Waals surface area contributed by atoms with Gasteiger partial charge < -0.3 is 31.0 Å². The van der Waals surface area contributed by atoms with Crippen molar-refractivity contribution in [3.63, 3.8) is 0 Å². The molecule has 10 heteroatoms. The van der Waals surface area contributed by atoms with E-state index in [2.05, 4.69) is 10.6 Å². The summed E-state index contributed by atoms with van der Waals surface area (Å²) in [6.45, 7) is 1.82. The number of amides is 3. The minimum atomic E-state index is -1.23. The molecule has 3 amide bonds. The number of primary amides is 1. The number of carbonyl (C=O) groups is 3. The van der Waals surface area contributed by atoms with Crippen LogP contribution in [0, 0.1) is 6.92 Å². The lowest BCUT2D eigenvalue weighted by molar-refractivity contribution is -0.141. The number of nitrogens with one attached hydrogen (secondary N) is 2. The highest BCUT2D eigenvalue weighted by molar-refractivity contribution is 5.87. The minimum absolute atomic E-state index is 0.0596. The number of aromatic hydroxyl groups is 1. The Morgan fingerprint density at radius 1 is 1.29 bits per heavy atom. The van der Waals surface area contributed by atoms with Gasteiger partial charge in [0, 0.05) is 18.0 Å². The van der Waals surface area contributed by atoms with Gasteiger partial charge in [-0.3, -0.25) is 4.79 Å². The first kappa shape index (κ1) is 20.7. The number of rotatable bonds is 8. The minimum Gasteiger partial charge on any atom is -0.508 e. The Kier molecular flexibility index (Phi) is 6.59. The third-order valence-corrected chi connectivity index (χ3v) is 4.21. The van der Waals surface area contributed by atoms with Crippen LogP contribution >= 0.6 is 0 Å². The van der Waals surface area contributed by atoms with E-state index in [0.717, 1.165) is 0 Å². The zero-order chi connectivity index (χ0) is 20.8. The Morgan fingerprint density at radius 3 is 2.64 bits per heavy atom. The van der Waals surface area contributed by atoms with Crippen molar-refractivity contribution in [1.82, 2.24) is 10.6 Å². The molecule has 1 atom stereocenters. The maximum Gasteiger partial charge on any atom is 0.340 e. The van der Waals surface area contributed by atoms with Crippen LogP contribution in [0.2, 0.25) is 0 Å². The number of carbonyl (C=O) groups excluding carboxylic acids is 2. The molecule has 150 valence electrons. The SMILES string of the molecule is Cc1c(CC(=O)N[C@@H](CCCNC(N)=O)C(=O)O)c(=O)oc2cc(O)ccc12. The average Bonchev–Trinajstić information content (AvgIpc) is 2.60. The Balaban J connectivity index is 2.10. The second-order valence-corrected chi connectivity index (χ2v) is 6.24. The van der Waals surface area contributed by atoms with Gasteiger partial charge in [-0.05, 0) is 37.5 Å². The fourth-order valence-corrected chi connectivity index (χ4v) is 2.77. The normalized spacial score (nSPS) is 11.8. The first-order valence-corrected chi connectivity index (χ1v) is 8.49. The van der Waals surface area contributed by atoms with Crippen LogP contribution in [0.5, 0.6) is 5.75 Å². The number of nitrogens with two attached hydrogens (primary N) is 1. The fraction of sp³-hybridized carbons (Fsp3) is 0.333. The first-order valence-electron chi connectivity index (χ1n) is 8.49. The summed E-state index contributed by atoms with van der Waals surface area (Å²) in [5.74, 6) is -1.94. The number of hydrogen-bond donors (Lipinski definition) is 5. The van der Waals surface area contributed by atoms with E-state index in [1.54, 1.807) is 13.0 Å². The highest BCUT2D eigenvalue weighted by atomic mass is 16.4. The molecule has 0 saturated heterocycles. The van der Waals surface area contributed by atoms with E-state index in [1.165, 1.54) is 12.1 Å². The van der Waals surface area contributed by atoms with Gasteiger partial charge in [-0.2, -0.15) is 0 Å². The van der Waals surface area contributed by atoms with Gasteiger partial charge in [-0.25, -0.2) is 14.4 Å². The van der Waals surface area contributed by atoms with E-state index in [9.17, 15) is 29.4 Å². The summed E-state index contributed by atoms with van der Waals surface area (Å²) < 4.78 is 5.15. The van der Waals surface area contributed by atoms with Gasteiger partial charge in [0.15, 0.2) is 0 Å². The summed E-state index contributed by atoms with van der Waals surface area (Å²) in [4.78, 5) is 46.4. The number of urea groups is 1. The van der Waals surface area contributed by atoms with Crippen molar-refractivity contribution in [3.8, 4) is 5.75 Å². The second-order valence-electron chi connectivity index (χ2n) is 6.24. The van der Waals surface area contributed by atoms with Crippen molar-refractivity contribution in [2.75, 3.05) is 6.54 Å². The lowest BCUT2D eigenvalue weighted by Gasteiger charge is -2.15. The van der Waals surface area contributed by atoms with E-state index in [0.29, 0.717) is 17.4 Å². The highest BCUT2D eigenvalue weighted by Gasteiger charge is 2.22. The van der Waals surface area contributed by atoms with E-state index < -0.39 is 29.6 Å². The number of carboxylic acids is 1. The molecule has 0 fully saturated rings. The number of benzene rings is 1. The van der Waals surface area contributed by atoms with Gasteiger partial charge in [-0.1, -0.05) is 0 Å². The van der Waals surface area contributed by atoms with Crippen molar-refractivity contribution in [3.05, 3.63) is 39.7 Å². The second kappa shape index (κ2) is 8.89. The van der Waals surface area contributed by atoms with E-state index in [1.807, 2.05) is 0 Å². The summed E-state index contributed by atoms with van der Waals surface area (Å²) in [5, 5.41) is 24.0. The molecule has 0 saturated carbocycles. The van der Waals surface area contributed by atoms with Crippen LogP contribution in [0.1, 0.15) is 24.0 Å². The molecule has 0 radical (unpaired) electrons. The molecule has 0 unspecified atom stereocenters. The zero-order valence-electron chi connectivity index (χ0n) is 15.2. The van der Waals surface area contributed by atoms with Crippen LogP contribution in [-0.4, -0.2) is 40.7 Å². The van der Waals surface area contributed by atoms with Crippen molar-refractivity contribution >= 4 is 28.9 Å². The molecular formula is C18H21N3O7. The fourth-order valence-electron chi connectivity index (χ4n) is 2.77. The quantitative estimate of drug-likeness (QED) is 0.319. The number of aryl methyl sites for hydroxylation is 1. The maximum absolute atomic E-state index is 12.3. The predicted octanol–water partition coefficient (Wildman–Crippen LogP) is 0.367. The molecule has 2 rings (SSSR count). The largest absolute Gasteiger partial charge is 0.508 e. The third-order valence-electron chi connectivity index (χ3n) is 4.21. The van der Waals surface area contributed by atoms with Crippen LogP contribution < -0.4 is 22.0 Å². The molecule has 28 heavy (non-hydrogen) atoms. The molecule has 0 aliphatic rings. The van der Waals surface area contributed by atoms with Crippen LogP contribution in [0.15, 0.2) is 27.4 Å². The molecular weight excluding hydrogens is 370 g/mol. The first-order chi connectivity index (χ1) is 13.2. The van der Waals surface area contributed by atoms with Gasteiger partial charge in [-0.15, -0.1) is 0 Å². The third kappa shape index (κ3) is 5.22. The maximum atomic E-state index is 12.3. The van der Waals surface area contributed by atoms with E-state index >= 15 is 0 Å². The Hall–Kier alpha value is -3.56. The van der Waals surface area contributed by atoms with Gasteiger partial charge in [0.1, 0.15) is 17.4 Å². The Bertz CT molecular complexity index is 968. The summed E-state index contributed by atoms with van der Waals surface area (Å²) >= 11 is 0. The lowest BCUT2D eigenvalue weighted by atomic mass is 10.0. The van der Waals surface area contributed by atoms with E-state index in [-0.39, 0.29) is 36.3 Å². The van der Waals surface area contributed by atoms with Gasteiger partial charge in [0.2, 0.25) is 5.91 Å². The number of phenols is 1. The molecule has 1 aromatic heterocycles. The van der Waals surface area contributed by atoms with Gasteiger partial charge in [0.25, 0.3) is 0 Å².